The van der Waals surface area contributed by atoms with E-state index >= 15 is 0 Å². The van der Waals surface area contributed by atoms with Gasteiger partial charge >= 0.3 is 0 Å². The summed E-state index contributed by atoms with van der Waals surface area (Å²) in [4.78, 5) is 30.8. The molecule has 9 nitrogen and oxygen atoms in total. The van der Waals surface area contributed by atoms with Gasteiger partial charge in [-0.1, -0.05) is 0 Å². The highest BCUT2D eigenvalue weighted by Crippen LogP contribution is 2.15. The third-order valence-electron chi connectivity index (χ3n) is 2.24. The number of nitro groups is 2. The molecule has 0 radical (unpaired) electrons. The summed E-state index contributed by atoms with van der Waals surface area (Å²) < 4.78 is 0. The maximum Gasteiger partial charge on any atom is 0.235 e. The topological polar surface area (TPSA) is 119 Å². The van der Waals surface area contributed by atoms with Crippen molar-refractivity contribution in [2.45, 2.75) is 38.8 Å². The maximum absolute atomic E-state index is 10.7. The molecule has 0 saturated carbocycles. The zero-order valence-electron chi connectivity index (χ0n) is 10.2. The quantitative estimate of drug-likeness (QED) is 0.377. The molecular weight excluding hydrogens is 232 g/mol. The van der Waals surface area contributed by atoms with Crippen LogP contribution in [0.2, 0.25) is 0 Å². The fourth-order valence-corrected chi connectivity index (χ4v) is 1.12. The number of nitroso groups, excluding NO2 is 1. The van der Waals surface area contributed by atoms with Crippen molar-refractivity contribution in [1.82, 2.24) is 5.01 Å². The first kappa shape index (κ1) is 15.2. The minimum absolute atomic E-state index is 0.277. The molecule has 0 bridgehead atoms. The van der Waals surface area contributed by atoms with Crippen molar-refractivity contribution in [2.75, 3.05) is 13.1 Å². The lowest BCUT2D eigenvalue weighted by Crippen LogP contribution is -2.48. The van der Waals surface area contributed by atoms with Crippen LogP contribution in [-0.4, -0.2) is 39.0 Å². The van der Waals surface area contributed by atoms with Crippen molar-refractivity contribution in [1.29, 1.82) is 0 Å². The van der Waals surface area contributed by atoms with Gasteiger partial charge in [-0.2, -0.15) is 0 Å². The summed E-state index contributed by atoms with van der Waals surface area (Å²) in [5.41, 5.74) is -2.78. The van der Waals surface area contributed by atoms with Crippen LogP contribution in [-0.2, 0) is 0 Å². The van der Waals surface area contributed by atoms with E-state index in [9.17, 15) is 25.1 Å². The molecule has 0 heterocycles. The third-order valence-corrected chi connectivity index (χ3v) is 2.24. The highest BCUT2D eigenvalue weighted by Gasteiger charge is 2.39. The van der Waals surface area contributed by atoms with Crippen LogP contribution in [0.5, 0.6) is 0 Å². The van der Waals surface area contributed by atoms with Gasteiger partial charge in [-0.25, -0.2) is 5.01 Å². The second-order valence-electron chi connectivity index (χ2n) is 5.04. The first-order valence-electron chi connectivity index (χ1n) is 4.90. The molecule has 0 aromatic carbocycles. The Morgan fingerprint density at radius 2 is 1.29 bits per heavy atom. The van der Waals surface area contributed by atoms with Gasteiger partial charge in [-0.15, -0.1) is 4.91 Å². The molecule has 0 unspecified atom stereocenters. The molecule has 0 aromatic heterocycles. The van der Waals surface area contributed by atoms with Crippen LogP contribution >= 0.6 is 0 Å². The minimum atomic E-state index is -1.39. The molecule has 17 heavy (non-hydrogen) atoms. The lowest BCUT2D eigenvalue weighted by atomic mass is 10.0. The van der Waals surface area contributed by atoms with Gasteiger partial charge in [0.1, 0.15) is 13.1 Å². The molecule has 9 heteroatoms. The summed E-state index contributed by atoms with van der Waals surface area (Å²) in [6, 6.07) is 0. The van der Waals surface area contributed by atoms with E-state index in [2.05, 4.69) is 5.29 Å². The molecule has 98 valence electrons. The Labute approximate surface area is 98.0 Å². The first-order valence-corrected chi connectivity index (χ1v) is 4.90. The van der Waals surface area contributed by atoms with Crippen molar-refractivity contribution < 1.29 is 9.85 Å². The van der Waals surface area contributed by atoms with Crippen molar-refractivity contribution in [3.05, 3.63) is 25.1 Å². The average molecular weight is 248 g/mol. The summed E-state index contributed by atoms with van der Waals surface area (Å²) in [6.07, 6.45) is 0. The molecule has 0 fully saturated rings. The van der Waals surface area contributed by atoms with E-state index in [1.165, 1.54) is 27.7 Å². The molecule has 0 spiro atoms. The van der Waals surface area contributed by atoms with Gasteiger partial charge in [0.15, 0.2) is 0 Å². The van der Waals surface area contributed by atoms with Gasteiger partial charge in [-0.05, 0) is 0 Å². The smallest absolute Gasteiger partial charge is 0.235 e. The van der Waals surface area contributed by atoms with E-state index in [1.54, 1.807) is 0 Å². The highest BCUT2D eigenvalue weighted by molar-refractivity contribution is 4.77. The zero-order chi connectivity index (χ0) is 13.9. The van der Waals surface area contributed by atoms with Crippen LogP contribution in [0.4, 0.5) is 0 Å². The molecule has 0 saturated heterocycles. The molecular formula is C8H16N4O5. The second kappa shape index (κ2) is 5.02. The Kier molecular flexibility index (Phi) is 4.49. The standard InChI is InChI=1S/C8H16N4O5/c1-7(2,11(14)15)5-10(9-13)6-8(3,4)12(16)17/h5-6H2,1-4H3. The number of hydrogen-bond acceptors (Lipinski definition) is 6. The Balaban J connectivity index is 4.73. The normalized spacial score (nSPS) is 12.0. The Morgan fingerprint density at radius 1 is 1.00 bits per heavy atom. The van der Waals surface area contributed by atoms with Crippen molar-refractivity contribution in [3.8, 4) is 0 Å². The summed E-state index contributed by atoms with van der Waals surface area (Å²) in [7, 11) is 0. The van der Waals surface area contributed by atoms with E-state index < -0.39 is 20.9 Å². The highest BCUT2D eigenvalue weighted by atomic mass is 16.6. The lowest BCUT2D eigenvalue weighted by Gasteiger charge is -2.25. The lowest BCUT2D eigenvalue weighted by molar-refractivity contribution is -0.569. The van der Waals surface area contributed by atoms with Gasteiger partial charge in [0.25, 0.3) is 0 Å². The molecule has 0 N–H and O–H groups in total. The fraction of sp³-hybridized carbons (Fsp3) is 1.00. The fourth-order valence-electron chi connectivity index (χ4n) is 1.12. The molecule has 0 aliphatic heterocycles. The van der Waals surface area contributed by atoms with Crippen LogP contribution in [0.15, 0.2) is 5.29 Å². The molecule has 0 aliphatic rings. The average Bonchev–Trinajstić information content (AvgIpc) is 2.15. The summed E-state index contributed by atoms with van der Waals surface area (Å²) in [6.45, 7) is 4.74. The second-order valence-corrected chi connectivity index (χ2v) is 5.04. The summed E-state index contributed by atoms with van der Waals surface area (Å²) in [5, 5.41) is 24.8. The van der Waals surface area contributed by atoms with E-state index in [0.717, 1.165) is 5.01 Å². The SMILES string of the molecule is CC(C)(CN(CC(C)(C)[N+](=O)[O-])N=O)[N+](=O)[O-]. The van der Waals surface area contributed by atoms with Gasteiger partial charge < -0.3 is 0 Å². The molecule has 0 aliphatic carbocycles. The maximum atomic E-state index is 10.7. The largest absolute Gasteiger partial charge is 0.264 e. The first-order chi connectivity index (χ1) is 7.53. The monoisotopic (exact) mass is 248 g/mol. The number of nitrogens with zero attached hydrogens (tertiary/aromatic N) is 4. The van der Waals surface area contributed by atoms with Crippen molar-refractivity contribution >= 4 is 0 Å². The molecule has 0 aromatic rings. The number of rotatable bonds is 7. The van der Waals surface area contributed by atoms with E-state index in [1.807, 2.05) is 0 Å². The predicted octanol–water partition coefficient (Wildman–Crippen LogP) is 1.08. The molecule has 0 atom stereocenters. The minimum Gasteiger partial charge on any atom is -0.264 e. The van der Waals surface area contributed by atoms with Gasteiger partial charge in [0.2, 0.25) is 11.1 Å². The zero-order valence-corrected chi connectivity index (χ0v) is 10.2. The van der Waals surface area contributed by atoms with Gasteiger partial charge in [-0.3, -0.25) is 20.2 Å². The van der Waals surface area contributed by atoms with Crippen LogP contribution < -0.4 is 0 Å². The molecule has 0 amide bonds. The predicted molar refractivity (Wildman–Crippen MR) is 59.5 cm³/mol. The Morgan fingerprint density at radius 3 is 1.47 bits per heavy atom. The third kappa shape index (κ3) is 4.29. The van der Waals surface area contributed by atoms with Crippen LogP contribution in [0.3, 0.4) is 0 Å². The van der Waals surface area contributed by atoms with Gasteiger partial charge in [0.05, 0.1) is 5.29 Å². The van der Waals surface area contributed by atoms with Crippen LogP contribution in [0.25, 0.3) is 0 Å². The summed E-state index contributed by atoms with van der Waals surface area (Å²) in [5.74, 6) is 0. The Hall–Kier alpha value is -1.80. The van der Waals surface area contributed by atoms with Crippen LogP contribution in [0.1, 0.15) is 27.7 Å². The van der Waals surface area contributed by atoms with Gasteiger partial charge in [0, 0.05) is 37.5 Å². The summed E-state index contributed by atoms with van der Waals surface area (Å²) >= 11 is 0. The van der Waals surface area contributed by atoms with E-state index in [4.69, 9.17) is 0 Å². The number of hydrogen-bond donors (Lipinski definition) is 0. The van der Waals surface area contributed by atoms with E-state index in [-0.39, 0.29) is 13.1 Å². The Bertz CT molecular complexity index is 300. The van der Waals surface area contributed by atoms with Crippen LogP contribution in [0, 0.1) is 25.1 Å². The molecule has 0 rings (SSSR count). The van der Waals surface area contributed by atoms with Crippen molar-refractivity contribution in [2.24, 2.45) is 5.29 Å². The van der Waals surface area contributed by atoms with Crippen molar-refractivity contribution in [3.63, 3.8) is 0 Å². The van der Waals surface area contributed by atoms with E-state index in [0.29, 0.717) is 0 Å².